The Balaban J connectivity index is 2.46. The van der Waals surface area contributed by atoms with Gasteiger partial charge in [-0.1, -0.05) is 12.6 Å². The summed E-state index contributed by atoms with van der Waals surface area (Å²) in [5, 5.41) is 29.3. The summed E-state index contributed by atoms with van der Waals surface area (Å²) in [7, 11) is 3.84. The second-order valence-corrected chi connectivity index (χ2v) is 6.29. The smallest absolute Gasteiger partial charge is 0.254 e. The number of nitriles is 3. The number of rotatable bonds is 3. The summed E-state index contributed by atoms with van der Waals surface area (Å²) < 4.78 is 1.56. The van der Waals surface area contributed by atoms with Gasteiger partial charge >= 0.3 is 0 Å². The van der Waals surface area contributed by atoms with Crippen LogP contribution < -0.4 is 4.90 Å². The fourth-order valence-electron chi connectivity index (χ4n) is 3.18. The third kappa shape index (κ3) is 2.78. The zero-order chi connectivity index (χ0) is 20.4. The number of benzene rings is 2. The van der Waals surface area contributed by atoms with E-state index >= 15 is 0 Å². The van der Waals surface area contributed by atoms with Gasteiger partial charge < -0.3 is 4.90 Å². The monoisotopic (exact) mass is 365 g/mol. The minimum Gasteiger partial charge on any atom is -0.378 e. The summed E-state index contributed by atoms with van der Waals surface area (Å²) in [4.78, 5) is 14.4. The summed E-state index contributed by atoms with van der Waals surface area (Å²) in [6.45, 7) is 3.58. The quantitative estimate of drug-likeness (QED) is 0.516. The number of carbonyl (C=O) groups excluding carboxylic acids is 1. The maximum atomic E-state index is 12.5. The molecule has 0 fully saturated rings. The second kappa shape index (κ2) is 7.11. The number of hydrogen-bond donors (Lipinski definition) is 0. The van der Waals surface area contributed by atoms with Crippen LogP contribution in [0.3, 0.4) is 0 Å². The third-order valence-corrected chi connectivity index (χ3v) is 4.53. The Morgan fingerprint density at radius 1 is 1.00 bits per heavy atom. The third-order valence-electron chi connectivity index (χ3n) is 4.53. The van der Waals surface area contributed by atoms with Crippen LogP contribution in [0.2, 0.25) is 0 Å². The van der Waals surface area contributed by atoms with E-state index in [4.69, 9.17) is 10.5 Å². The number of allylic oxidation sites excluding steroid dienone is 3. The van der Waals surface area contributed by atoms with Crippen LogP contribution in [-0.2, 0) is 0 Å². The number of anilines is 1. The van der Waals surface area contributed by atoms with E-state index in [0.717, 1.165) is 16.5 Å². The van der Waals surface area contributed by atoms with E-state index in [2.05, 4.69) is 6.58 Å². The van der Waals surface area contributed by atoms with Crippen LogP contribution in [0.1, 0.15) is 10.4 Å². The highest BCUT2D eigenvalue weighted by atomic mass is 16.1. The van der Waals surface area contributed by atoms with Crippen molar-refractivity contribution in [2.75, 3.05) is 19.0 Å². The van der Waals surface area contributed by atoms with E-state index in [1.807, 2.05) is 43.3 Å². The molecule has 6 heteroatoms. The highest BCUT2D eigenvalue weighted by molar-refractivity contribution is 6.16. The summed E-state index contributed by atoms with van der Waals surface area (Å²) in [5.74, 6) is -0.267. The fraction of sp³-hybridized carbons (Fsp3) is 0.0909. The van der Waals surface area contributed by atoms with Gasteiger partial charge in [-0.05, 0) is 42.0 Å². The maximum absolute atomic E-state index is 12.5. The largest absolute Gasteiger partial charge is 0.378 e. The van der Waals surface area contributed by atoms with Crippen LogP contribution >= 0.6 is 0 Å². The van der Waals surface area contributed by atoms with Crippen molar-refractivity contribution < 1.29 is 4.79 Å². The van der Waals surface area contributed by atoms with E-state index in [1.54, 1.807) is 34.9 Å². The van der Waals surface area contributed by atoms with Crippen molar-refractivity contribution in [1.82, 2.24) is 4.57 Å². The molecule has 0 spiro atoms. The lowest BCUT2D eigenvalue weighted by Gasteiger charge is -2.12. The molecule has 1 heterocycles. The lowest BCUT2D eigenvalue weighted by atomic mass is 10.00. The van der Waals surface area contributed by atoms with Crippen LogP contribution in [0, 0.1) is 34.0 Å². The molecule has 0 atom stereocenters. The lowest BCUT2D eigenvalue weighted by molar-refractivity contribution is 0.0978. The van der Waals surface area contributed by atoms with Crippen molar-refractivity contribution in [1.29, 1.82) is 15.8 Å². The highest BCUT2D eigenvalue weighted by Gasteiger charge is 2.17. The Labute approximate surface area is 162 Å². The molecule has 0 aliphatic heterocycles. The van der Waals surface area contributed by atoms with Gasteiger partial charge in [0.05, 0.1) is 16.6 Å². The van der Waals surface area contributed by atoms with E-state index in [1.165, 1.54) is 6.08 Å². The molecular formula is C22H15N5O. The number of aromatic nitrogens is 1. The molecule has 2 aromatic carbocycles. The molecule has 0 amide bonds. The maximum Gasteiger partial charge on any atom is 0.254 e. The van der Waals surface area contributed by atoms with Crippen molar-refractivity contribution in [3.8, 4) is 18.2 Å². The van der Waals surface area contributed by atoms with Crippen molar-refractivity contribution in [3.05, 3.63) is 60.2 Å². The Hall–Kier alpha value is -4.34. The number of carbonyl (C=O) groups is 1. The first-order valence-corrected chi connectivity index (χ1v) is 8.34. The molecule has 3 rings (SSSR count). The summed E-state index contributed by atoms with van der Waals surface area (Å²) >= 11 is 0. The summed E-state index contributed by atoms with van der Waals surface area (Å²) in [6, 6.07) is 16.3. The first kappa shape index (κ1) is 18.5. The van der Waals surface area contributed by atoms with Gasteiger partial charge in [-0.15, -0.1) is 0 Å². The van der Waals surface area contributed by atoms with Crippen LogP contribution in [0.4, 0.5) is 5.69 Å². The molecule has 0 aliphatic carbocycles. The SMILES string of the molecule is C=CC(=O)n1c2ccc(C(C#N)=C(C#N)C#N)cc2c2cc(N(C)C)ccc21. The van der Waals surface area contributed by atoms with Gasteiger partial charge in [-0.3, -0.25) is 9.36 Å². The van der Waals surface area contributed by atoms with Crippen LogP contribution in [0.15, 0.2) is 54.6 Å². The molecule has 0 aliphatic rings. The van der Waals surface area contributed by atoms with Gasteiger partial charge in [0.25, 0.3) is 5.91 Å². The van der Waals surface area contributed by atoms with Crippen LogP contribution in [-0.4, -0.2) is 24.6 Å². The van der Waals surface area contributed by atoms with Crippen LogP contribution in [0.5, 0.6) is 0 Å². The van der Waals surface area contributed by atoms with Gasteiger partial charge in [0, 0.05) is 30.6 Å². The minimum atomic E-state index is -0.267. The van der Waals surface area contributed by atoms with Gasteiger partial charge in [0.15, 0.2) is 0 Å². The topological polar surface area (TPSA) is 96.6 Å². The summed E-state index contributed by atoms with van der Waals surface area (Å²) in [6.07, 6.45) is 1.25. The Bertz CT molecular complexity index is 1290. The second-order valence-electron chi connectivity index (χ2n) is 6.29. The van der Waals surface area contributed by atoms with E-state index in [-0.39, 0.29) is 17.1 Å². The Kier molecular flexibility index (Phi) is 4.69. The average molecular weight is 365 g/mol. The van der Waals surface area contributed by atoms with E-state index in [9.17, 15) is 10.1 Å². The van der Waals surface area contributed by atoms with Gasteiger partial charge in [0.1, 0.15) is 23.8 Å². The number of hydrogen-bond acceptors (Lipinski definition) is 5. The lowest BCUT2D eigenvalue weighted by Crippen LogP contribution is -2.09. The van der Waals surface area contributed by atoms with Crippen LogP contribution in [0.25, 0.3) is 27.4 Å². The molecule has 1 aromatic heterocycles. The van der Waals surface area contributed by atoms with E-state index in [0.29, 0.717) is 16.6 Å². The van der Waals surface area contributed by atoms with Gasteiger partial charge in [0.2, 0.25) is 0 Å². The zero-order valence-electron chi connectivity index (χ0n) is 15.4. The standard InChI is InChI=1S/C22H15N5O/c1-4-22(28)27-20-7-5-14(19(13-25)15(11-23)12-24)9-17(20)18-10-16(26(2)3)6-8-21(18)27/h4-10H,1H2,2-3H3. The Morgan fingerprint density at radius 3 is 2.14 bits per heavy atom. The Morgan fingerprint density at radius 2 is 1.61 bits per heavy atom. The molecule has 0 bridgehead atoms. The predicted molar refractivity (Wildman–Crippen MR) is 108 cm³/mol. The fourth-order valence-corrected chi connectivity index (χ4v) is 3.18. The average Bonchev–Trinajstić information content (AvgIpc) is 3.04. The molecule has 0 saturated carbocycles. The molecular weight excluding hydrogens is 350 g/mol. The van der Waals surface area contributed by atoms with Crippen molar-refractivity contribution in [3.63, 3.8) is 0 Å². The minimum absolute atomic E-state index is 0.00612. The molecule has 3 aromatic rings. The van der Waals surface area contributed by atoms with Gasteiger partial charge in [-0.25, -0.2) is 0 Å². The molecule has 28 heavy (non-hydrogen) atoms. The van der Waals surface area contributed by atoms with Crippen molar-refractivity contribution in [2.24, 2.45) is 0 Å². The predicted octanol–water partition coefficient (Wildman–Crippen LogP) is 4.01. The summed E-state index contributed by atoms with van der Waals surface area (Å²) in [5.41, 5.74) is 2.54. The zero-order valence-corrected chi connectivity index (χ0v) is 15.4. The normalized spacial score (nSPS) is 9.96. The first-order chi connectivity index (χ1) is 13.5. The van der Waals surface area contributed by atoms with E-state index < -0.39 is 0 Å². The highest BCUT2D eigenvalue weighted by Crippen LogP contribution is 2.34. The first-order valence-electron chi connectivity index (χ1n) is 8.34. The molecule has 134 valence electrons. The van der Waals surface area contributed by atoms with Crippen molar-refractivity contribution in [2.45, 2.75) is 0 Å². The van der Waals surface area contributed by atoms with Crippen molar-refractivity contribution >= 4 is 39.0 Å². The van der Waals surface area contributed by atoms with Gasteiger partial charge in [-0.2, -0.15) is 15.8 Å². The molecule has 0 saturated heterocycles. The number of fused-ring (bicyclic) bond motifs is 3. The molecule has 0 N–H and O–H groups in total. The molecule has 6 nitrogen and oxygen atoms in total. The molecule has 0 unspecified atom stereocenters. The number of nitrogens with zero attached hydrogens (tertiary/aromatic N) is 5. The molecule has 0 radical (unpaired) electrons.